The number of benzene rings is 2. The Morgan fingerprint density at radius 2 is 2.14 bits per heavy atom. The van der Waals surface area contributed by atoms with Crippen molar-refractivity contribution in [3.8, 4) is 6.07 Å². The number of hydrogen-bond acceptors (Lipinski definition) is 8. The van der Waals surface area contributed by atoms with Gasteiger partial charge in [0.1, 0.15) is 6.26 Å². The molecule has 1 aliphatic carbocycles. The first-order chi connectivity index (χ1) is 17.4. The normalized spacial score (nSPS) is 26.6. The van der Waals surface area contributed by atoms with E-state index < -0.39 is 21.1 Å². The number of rotatable bonds is 5. The minimum atomic E-state index is -3.63. The maximum atomic E-state index is 13.1. The number of amides is 1. The van der Waals surface area contributed by atoms with Gasteiger partial charge in [-0.05, 0) is 67.0 Å². The molecule has 36 heavy (non-hydrogen) atoms. The lowest BCUT2D eigenvalue weighted by atomic mass is 9.75. The highest BCUT2D eigenvalue weighted by Gasteiger charge is 2.49. The molecule has 1 aromatic heterocycles. The second-order valence-corrected chi connectivity index (χ2v) is 13.1. The summed E-state index contributed by atoms with van der Waals surface area (Å²) < 4.78 is 31.0. The van der Waals surface area contributed by atoms with Crippen LogP contribution in [0.3, 0.4) is 0 Å². The SMILES string of the molecule is N#Cc1cccc(S(=O)(=O)C2CC2NC(=O)c2ccc3c(c2)C2(CCSC(c4ccon4)C2)CN3)c1. The van der Waals surface area contributed by atoms with Gasteiger partial charge in [-0.25, -0.2) is 8.42 Å². The summed E-state index contributed by atoms with van der Waals surface area (Å²) in [6.45, 7) is 0.813. The Bertz CT molecular complexity index is 1480. The van der Waals surface area contributed by atoms with Gasteiger partial charge in [-0.15, -0.1) is 0 Å². The van der Waals surface area contributed by atoms with Crippen molar-refractivity contribution >= 4 is 33.2 Å². The van der Waals surface area contributed by atoms with E-state index in [0.29, 0.717) is 17.5 Å². The summed E-state index contributed by atoms with van der Waals surface area (Å²) in [5, 5.41) is 19.2. The Kier molecular flexibility index (Phi) is 5.57. The van der Waals surface area contributed by atoms with Gasteiger partial charge in [0.15, 0.2) is 9.84 Å². The van der Waals surface area contributed by atoms with Crippen LogP contribution < -0.4 is 10.6 Å². The molecule has 2 aromatic carbocycles. The number of anilines is 1. The lowest BCUT2D eigenvalue weighted by Gasteiger charge is -2.37. The van der Waals surface area contributed by atoms with Crippen molar-refractivity contribution < 1.29 is 17.7 Å². The van der Waals surface area contributed by atoms with Gasteiger partial charge in [-0.1, -0.05) is 11.2 Å². The molecule has 0 radical (unpaired) electrons. The Morgan fingerprint density at radius 3 is 2.94 bits per heavy atom. The molecule has 4 atom stereocenters. The fourth-order valence-electron chi connectivity index (χ4n) is 5.37. The molecule has 4 unspecified atom stereocenters. The molecule has 3 aliphatic rings. The van der Waals surface area contributed by atoms with Crippen LogP contribution in [0, 0.1) is 11.3 Å². The van der Waals surface area contributed by atoms with E-state index in [1.165, 1.54) is 12.1 Å². The maximum absolute atomic E-state index is 13.1. The zero-order valence-electron chi connectivity index (χ0n) is 19.3. The molecule has 3 aromatic rings. The number of sulfone groups is 1. The fraction of sp³-hybridized carbons (Fsp3) is 0.346. The standard InChI is InChI=1S/C26H24N4O4S2/c27-14-16-2-1-3-18(10-16)36(32,33)24-12-22(24)29-25(31)17-4-5-20-19(11-17)26(15-28-20)7-9-35-23(13-26)21-6-8-34-30-21/h1-6,8,10-11,22-24,28H,7,9,12-13,15H2,(H,29,31). The molecule has 1 amide bonds. The Balaban J connectivity index is 1.18. The van der Waals surface area contributed by atoms with Crippen molar-refractivity contribution in [2.24, 2.45) is 0 Å². The number of hydrogen-bond donors (Lipinski definition) is 2. The average Bonchev–Trinajstić information content (AvgIpc) is 3.32. The molecule has 8 nitrogen and oxygen atoms in total. The average molecular weight is 521 g/mol. The molecule has 3 heterocycles. The summed E-state index contributed by atoms with van der Waals surface area (Å²) in [5.41, 5.74) is 3.87. The Hall–Kier alpha value is -3.29. The summed E-state index contributed by atoms with van der Waals surface area (Å²) in [5.74, 6) is 0.718. The molecule has 184 valence electrons. The van der Waals surface area contributed by atoms with E-state index in [4.69, 9.17) is 9.78 Å². The van der Waals surface area contributed by atoms with Crippen LogP contribution in [0.4, 0.5) is 5.69 Å². The molecule has 2 aliphatic heterocycles. The van der Waals surface area contributed by atoms with Crippen LogP contribution in [0.2, 0.25) is 0 Å². The van der Waals surface area contributed by atoms with Crippen LogP contribution in [0.5, 0.6) is 0 Å². The van der Waals surface area contributed by atoms with Crippen LogP contribution >= 0.6 is 11.8 Å². The number of nitriles is 1. The van der Waals surface area contributed by atoms with Crippen LogP contribution in [-0.2, 0) is 15.3 Å². The van der Waals surface area contributed by atoms with E-state index in [9.17, 15) is 13.2 Å². The van der Waals surface area contributed by atoms with Crippen molar-refractivity contribution in [2.45, 2.75) is 46.1 Å². The summed E-state index contributed by atoms with van der Waals surface area (Å²) in [4.78, 5) is 13.2. The quantitative estimate of drug-likeness (QED) is 0.520. The number of thioether (sulfide) groups is 1. The van der Waals surface area contributed by atoms with E-state index >= 15 is 0 Å². The second-order valence-electron chi connectivity index (χ2n) is 9.67. The van der Waals surface area contributed by atoms with Crippen LogP contribution in [0.1, 0.15) is 51.7 Å². The molecular formula is C26H24N4O4S2. The molecule has 2 N–H and O–H groups in total. The number of fused-ring (bicyclic) bond motifs is 2. The van der Waals surface area contributed by atoms with Gasteiger partial charge in [0.05, 0.1) is 32.7 Å². The minimum absolute atomic E-state index is 0.0856. The van der Waals surface area contributed by atoms with Gasteiger partial charge in [0.25, 0.3) is 5.91 Å². The first-order valence-corrected chi connectivity index (χ1v) is 14.4. The first kappa shape index (κ1) is 23.1. The van der Waals surface area contributed by atoms with Gasteiger partial charge in [-0.3, -0.25) is 4.79 Å². The van der Waals surface area contributed by atoms with E-state index in [1.807, 2.05) is 36.0 Å². The molecule has 1 saturated carbocycles. The van der Waals surface area contributed by atoms with E-state index in [0.717, 1.165) is 42.1 Å². The third-order valence-corrected chi connectivity index (χ3v) is 11.0. The number of aromatic nitrogens is 1. The third kappa shape index (κ3) is 3.96. The highest BCUT2D eigenvalue weighted by atomic mass is 32.2. The number of carbonyl (C=O) groups excluding carboxylic acids is 1. The lowest BCUT2D eigenvalue weighted by molar-refractivity contribution is 0.0951. The van der Waals surface area contributed by atoms with E-state index in [2.05, 4.69) is 15.8 Å². The molecule has 6 rings (SSSR count). The van der Waals surface area contributed by atoms with Gasteiger partial charge < -0.3 is 15.2 Å². The zero-order valence-corrected chi connectivity index (χ0v) is 20.9. The number of nitrogens with one attached hydrogen (secondary N) is 2. The number of nitrogens with zero attached hydrogens (tertiary/aromatic N) is 2. The number of carbonyl (C=O) groups is 1. The topological polar surface area (TPSA) is 125 Å². The zero-order chi connectivity index (χ0) is 24.9. The molecule has 0 bridgehead atoms. The first-order valence-electron chi connectivity index (χ1n) is 11.8. The van der Waals surface area contributed by atoms with Gasteiger partial charge in [0, 0.05) is 35.3 Å². The van der Waals surface area contributed by atoms with Gasteiger partial charge in [-0.2, -0.15) is 17.0 Å². The predicted molar refractivity (Wildman–Crippen MR) is 136 cm³/mol. The smallest absolute Gasteiger partial charge is 0.251 e. The third-order valence-electron chi connectivity index (χ3n) is 7.47. The predicted octanol–water partition coefficient (Wildman–Crippen LogP) is 3.82. The van der Waals surface area contributed by atoms with Crippen molar-refractivity contribution in [3.05, 3.63) is 77.2 Å². The van der Waals surface area contributed by atoms with Crippen molar-refractivity contribution in [1.29, 1.82) is 5.26 Å². The maximum Gasteiger partial charge on any atom is 0.251 e. The molecule has 1 spiro atoms. The van der Waals surface area contributed by atoms with Gasteiger partial charge in [0.2, 0.25) is 0 Å². The lowest BCUT2D eigenvalue weighted by Crippen LogP contribution is -2.34. The Labute approximate surface area is 213 Å². The van der Waals surface area contributed by atoms with Crippen molar-refractivity contribution in [2.75, 3.05) is 17.6 Å². The molecule has 1 saturated heterocycles. The summed E-state index contributed by atoms with van der Waals surface area (Å²) in [6.07, 6.45) is 3.87. The minimum Gasteiger partial charge on any atom is -0.384 e. The fourth-order valence-corrected chi connectivity index (χ4v) is 8.76. The van der Waals surface area contributed by atoms with E-state index in [1.54, 1.807) is 24.5 Å². The van der Waals surface area contributed by atoms with Crippen LogP contribution in [-0.4, -0.2) is 43.1 Å². The molecule has 2 fully saturated rings. The Morgan fingerprint density at radius 1 is 1.25 bits per heavy atom. The van der Waals surface area contributed by atoms with Gasteiger partial charge >= 0.3 is 0 Å². The van der Waals surface area contributed by atoms with Crippen molar-refractivity contribution in [3.63, 3.8) is 0 Å². The summed E-state index contributed by atoms with van der Waals surface area (Å²) in [7, 11) is -3.63. The molecule has 10 heteroatoms. The largest absolute Gasteiger partial charge is 0.384 e. The highest BCUT2D eigenvalue weighted by Crippen LogP contribution is 2.52. The molecular weight excluding hydrogens is 496 g/mol. The monoisotopic (exact) mass is 520 g/mol. The second kappa shape index (κ2) is 8.68. The van der Waals surface area contributed by atoms with Crippen LogP contribution in [0.15, 0.2) is 64.2 Å². The van der Waals surface area contributed by atoms with E-state index in [-0.39, 0.29) is 21.5 Å². The summed E-state index contributed by atoms with van der Waals surface area (Å²) in [6, 6.07) is 15.1. The van der Waals surface area contributed by atoms with Crippen molar-refractivity contribution in [1.82, 2.24) is 10.5 Å². The van der Waals surface area contributed by atoms with Crippen LogP contribution in [0.25, 0.3) is 0 Å². The summed E-state index contributed by atoms with van der Waals surface area (Å²) >= 11 is 1.88. The highest BCUT2D eigenvalue weighted by molar-refractivity contribution is 7.99.